The van der Waals surface area contributed by atoms with Crippen LogP contribution in [-0.4, -0.2) is 19.8 Å². The Morgan fingerprint density at radius 2 is 1.39 bits per heavy atom. The molecule has 0 heterocycles. The zero-order valence-corrected chi connectivity index (χ0v) is 15.0. The van der Waals surface area contributed by atoms with Gasteiger partial charge >= 0.3 is 0 Å². The number of ketones is 1. The van der Waals surface area contributed by atoms with Crippen LogP contribution in [0.2, 0.25) is 19.6 Å². The Kier molecular flexibility index (Phi) is 5.88. The van der Waals surface area contributed by atoms with Gasteiger partial charge in [0.25, 0.3) is 8.32 Å². The van der Waals surface area contributed by atoms with Crippen molar-refractivity contribution < 1.29 is 9.32 Å². The molecule has 0 spiro atoms. The van der Waals surface area contributed by atoms with Gasteiger partial charge in [-0.25, -0.2) is 0 Å². The largest absolute Gasteiger partial charge is 0.455 e. The molecule has 0 bridgehead atoms. The van der Waals surface area contributed by atoms with Gasteiger partial charge in [-0.1, -0.05) is 60.7 Å². The molecular formula is C19H23NO2Si. The molecule has 4 heteroatoms. The molecule has 23 heavy (non-hydrogen) atoms. The molecule has 0 aliphatic rings. The van der Waals surface area contributed by atoms with Crippen molar-refractivity contribution in [3.8, 4) is 0 Å². The van der Waals surface area contributed by atoms with Crippen molar-refractivity contribution in [2.75, 3.05) is 0 Å². The lowest BCUT2D eigenvalue weighted by molar-refractivity contribution is 0.0985. The van der Waals surface area contributed by atoms with Gasteiger partial charge < -0.3 is 4.53 Å². The highest BCUT2D eigenvalue weighted by molar-refractivity contribution is 6.69. The Bertz CT molecular complexity index is 661. The monoisotopic (exact) mass is 325 g/mol. The van der Waals surface area contributed by atoms with Crippen LogP contribution in [0.3, 0.4) is 0 Å². The van der Waals surface area contributed by atoms with Gasteiger partial charge in [0, 0.05) is 18.4 Å². The molecule has 0 saturated carbocycles. The molecule has 2 aromatic rings. The first kappa shape index (κ1) is 17.2. The van der Waals surface area contributed by atoms with E-state index >= 15 is 0 Å². The molecule has 0 aromatic heterocycles. The van der Waals surface area contributed by atoms with E-state index in [-0.39, 0.29) is 5.78 Å². The number of oxime groups is 1. The van der Waals surface area contributed by atoms with Crippen LogP contribution in [0.25, 0.3) is 0 Å². The number of nitrogens with zero attached hydrogens (tertiary/aromatic N) is 1. The average molecular weight is 325 g/mol. The predicted molar refractivity (Wildman–Crippen MR) is 97.4 cm³/mol. The van der Waals surface area contributed by atoms with Crippen LogP contribution in [0.5, 0.6) is 0 Å². The Labute approximate surface area is 139 Å². The minimum Gasteiger partial charge on any atom is -0.455 e. The van der Waals surface area contributed by atoms with E-state index in [0.717, 1.165) is 16.8 Å². The second-order valence-electron chi connectivity index (χ2n) is 6.40. The Morgan fingerprint density at radius 3 is 1.91 bits per heavy atom. The third-order valence-corrected chi connectivity index (χ3v) is 3.86. The van der Waals surface area contributed by atoms with E-state index in [1.54, 1.807) is 0 Å². The van der Waals surface area contributed by atoms with Crippen LogP contribution in [-0.2, 0) is 4.53 Å². The molecule has 3 nitrogen and oxygen atoms in total. The van der Waals surface area contributed by atoms with Crippen LogP contribution < -0.4 is 0 Å². The van der Waals surface area contributed by atoms with Crippen molar-refractivity contribution in [3.05, 3.63) is 71.8 Å². The summed E-state index contributed by atoms with van der Waals surface area (Å²) in [6, 6.07) is 19.3. The van der Waals surface area contributed by atoms with E-state index in [1.807, 2.05) is 60.7 Å². The van der Waals surface area contributed by atoms with E-state index in [1.165, 1.54) is 0 Å². The van der Waals surface area contributed by atoms with Crippen molar-refractivity contribution in [2.45, 2.75) is 32.5 Å². The summed E-state index contributed by atoms with van der Waals surface area (Å²) >= 11 is 0. The van der Waals surface area contributed by atoms with E-state index in [9.17, 15) is 4.79 Å². The second kappa shape index (κ2) is 7.88. The van der Waals surface area contributed by atoms with Gasteiger partial charge in [-0.15, -0.1) is 5.16 Å². The molecule has 2 aromatic carbocycles. The molecule has 0 aliphatic heterocycles. The summed E-state index contributed by atoms with van der Waals surface area (Å²) in [4.78, 5) is 12.3. The van der Waals surface area contributed by atoms with Crippen molar-refractivity contribution >= 4 is 19.8 Å². The smallest absolute Gasteiger partial charge is 0.278 e. The number of carbonyl (C=O) groups excluding carboxylic acids is 1. The van der Waals surface area contributed by atoms with Gasteiger partial charge in [0.2, 0.25) is 0 Å². The summed E-state index contributed by atoms with van der Waals surface area (Å²) in [5, 5.41) is 4.36. The third-order valence-electron chi connectivity index (χ3n) is 3.22. The lowest BCUT2D eigenvalue weighted by Gasteiger charge is -2.15. The van der Waals surface area contributed by atoms with Crippen LogP contribution in [0, 0.1) is 0 Å². The van der Waals surface area contributed by atoms with Crippen molar-refractivity contribution in [2.24, 2.45) is 5.16 Å². The summed E-state index contributed by atoms with van der Waals surface area (Å²) in [5.41, 5.74) is 2.58. The molecule has 0 saturated heterocycles. The van der Waals surface area contributed by atoms with Gasteiger partial charge in [0.15, 0.2) is 5.78 Å². The fourth-order valence-electron chi connectivity index (χ4n) is 2.07. The maximum atomic E-state index is 12.3. The highest BCUT2D eigenvalue weighted by Gasteiger charge is 2.17. The topological polar surface area (TPSA) is 38.7 Å². The summed E-state index contributed by atoms with van der Waals surface area (Å²) in [7, 11) is -1.75. The van der Waals surface area contributed by atoms with Crippen molar-refractivity contribution in [1.29, 1.82) is 0 Å². The van der Waals surface area contributed by atoms with Crippen LogP contribution >= 0.6 is 0 Å². The van der Waals surface area contributed by atoms with E-state index in [2.05, 4.69) is 24.8 Å². The number of rotatable bonds is 7. The molecular weight excluding hydrogens is 302 g/mol. The zero-order valence-electron chi connectivity index (χ0n) is 14.0. The maximum Gasteiger partial charge on any atom is 0.278 e. The van der Waals surface area contributed by atoms with Gasteiger partial charge in [-0.3, -0.25) is 4.79 Å². The summed E-state index contributed by atoms with van der Waals surface area (Å²) < 4.78 is 5.70. The molecule has 0 fully saturated rings. The fraction of sp³-hybridized carbons (Fsp3) is 0.263. The number of benzene rings is 2. The van der Waals surface area contributed by atoms with Gasteiger partial charge in [0.1, 0.15) is 0 Å². The van der Waals surface area contributed by atoms with Gasteiger partial charge in [-0.05, 0) is 25.2 Å². The minimum absolute atomic E-state index is 0.127. The van der Waals surface area contributed by atoms with Crippen molar-refractivity contribution in [1.82, 2.24) is 0 Å². The Balaban J connectivity index is 2.11. The number of Topliss-reactive ketones (excluding diaryl/α,β-unsaturated/α-hetero) is 1. The molecule has 0 atom stereocenters. The van der Waals surface area contributed by atoms with Gasteiger partial charge in [-0.2, -0.15) is 0 Å². The van der Waals surface area contributed by atoms with Gasteiger partial charge in [0.05, 0.1) is 5.71 Å². The van der Waals surface area contributed by atoms with Crippen LogP contribution in [0.4, 0.5) is 0 Å². The van der Waals surface area contributed by atoms with E-state index < -0.39 is 8.32 Å². The highest BCUT2D eigenvalue weighted by atomic mass is 28.4. The van der Waals surface area contributed by atoms with E-state index in [0.29, 0.717) is 12.8 Å². The first-order valence-corrected chi connectivity index (χ1v) is 11.3. The van der Waals surface area contributed by atoms with Crippen molar-refractivity contribution in [3.63, 3.8) is 0 Å². The van der Waals surface area contributed by atoms with E-state index in [4.69, 9.17) is 4.53 Å². The minimum atomic E-state index is -1.75. The number of hydrogen-bond acceptors (Lipinski definition) is 3. The highest BCUT2D eigenvalue weighted by Crippen LogP contribution is 2.13. The SMILES string of the molecule is C[Si](C)(C)ON=C(CCC(=O)c1ccccc1)c1ccccc1. The molecule has 0 aliphatic carbocycles. The normalized spacial score (nSPS) is 12.0. The first-order valence-electron chi connectivity index (χ1n) is 7.84. The lowest BCUT2D eigenvalue weighted by atomic mass is 10.0. The lowest BCUT2D eigenvalue weighted by Crippen LogP contribution is -2.23. The fourth-order valence-corrected chi connectivity index (χ4v) is 2.45. The Hall–Kier alpha value is -2.20. The number of hydrogen-bond donors (Lipinski definition) is 0. The summed E-state index contributed by atoms with van der Waals surface area (Å²) in [6.07, 6.45) is 0.995. The zero-order chi connectivity index (χ0) is 16.7. The number of carbonyl (C=O) groups is 1. The molecule has 2 rings (SSSR count). The quantitative estimate of drug-likeness (QED) is 0.314. The Morgan fingerprint density at radius 1 is 0.870 bits per heavy atom. The second-order valence-corrected chi connectivity index (χ2v) is 10.8. The van der Waals surface area contributed by atoms with Crippen LogP contribution in [0.1, 0.15) is 28.8 Å². The molecule has 0 N–H and O–H groups in total. The summed E-state index contributed by atoms with van der Waals surface area (Å²) in [6.45, 7) is 6.27. The average Bonchev–Trinajstić information content (AvgIpc) is 2.55. The molecule has 0 amide bonds. The molecule has 120 valence electrons. The molecule has 0 unspecified atom stereocenters. The maximum absolute atomic E-state index is 12.3. The first-order chi connectivity index (χ1) is 11.0. The van der Waals surface area contributed by atoms with Crippen LogP contribution in [0.15, 0.2) is 65.8 Å². The summed E-state index contributed by atoms with van der Waals surface area (Å²) in [5.74, 6) is 0.127. The standard InChI is InChI=1S/C19H23NO2Si/c1-23(2,3)22-20-18(16-10-6-4-7-11-16)14-15-19(21)17-12-8-5-9-13-17/h4-13H,14-15H2,1-3H3. The predicted octanol–water partition coefficient (Wildman–Crippen LogP) is 4.91. The third kappa shape index (κ3) is 5.83. The molecule has 0 radical (unpaired) electrons.